The molecule has 1 heterocycles. The Morgan fingerprint density at radius 1 is 1.04 bits per heavy atom. The van der Waals surface area contributed by atoms with Crippen LogP contribution in [0.15, 0.2) is 36.4 Å². The number of nitrogens with two attached hydrogens (primary N) is 1. The molecule has 0 radical (unpaired) electrons. The number of aryl methyl sites for hydroxylation is 1. The van der Waals surface area contributed by atoms with E-state index in [0.29, 0.717) is 11.1 Å². The molecule has 0 aliphatic carbocycles. The fraction of sp³-hybridized carbons (Fsp3) is 0.0625. The number of hydrogen-bond donors (Lipinski definition) is 3. The van der Waals surface area contributed by atoms with Crippen LogP contribution in [0.4, 0.5) is 31.0 Å². The van der Waals surface area contributed by atoms with Gasteiger partial charge in [-0.25, -0.2) is 18.6 Å². The molecule has 0 aliphatic heterocycles. The van der Waals surface area contributed by atoms with Crippen LogP contribution in [0.5, 0.6) is 0 Å². The van der Waals surface area contributed by atoms with Gasteiger partial charge in [-0.3, -0.25) is 5.32 Å². The topological polar surface area (TPSA) is 92.9 Å². The largest absolute Gasteiger partial charge is 0.381 e. The molecule has 6 nitrogen and oxygen atoms in total. The number of benzene rings is 2. The van der Waals surface area contributed by atoms with Crippen molar-refractivity contribution in [2.45, 2.75) is 6.92 Å². The Hall–Kier alpha value is -3.29. The molecule has 0 saturated carbocycles. The van der Waals surface area contributed by atoms with Crippen LogP contribution in [0.2, 0.25) is 0 Å². The van der Waals surface area contributed by atoms with E-state index >= 15 is 0 Å². The summed E-state index contributed by atoms with van der Waals surface area (Å²) in [6, 6.07) is 8.75. The number of carbonyl (C=O) groups excluding carboxylic acids is 1. The van der Waals surface area contributed by atoms with E-state index in [1.807, 2.05) is 0 Å². The van der Waals surface area contributed by atoms with Crippen molar-refractivity contribution in [2.24, 2.45) is 0 Å². The number of carbonyl (C=O) groups is 1. The van der Waals surface area contributed by atoms with Crippen molar-refractivity contribution in [1.29, 1.82) is 0 Å². The Bertz CT molecular complexity index is 922. The van der Waals surface area contributed by atoms with Crippen LogP contribution in [0.1, 0.15) is 5.69 Å². The third-order valence-electron chi connectivity index (χ3n) is 3.33. The van der Waals surface area contributed by atoms with E-state index in [1.165, 1.54) is 19.1 Å². The number of nitrogen functional groups attached to an aromatic ring is 1. The third kappa shape index (κ3) is 3.22. The van der Waals surface area contributed by atoms with Crippen LogP contribution >= 0.6 is 0 Å². The molecule has 2 aromatic carbocycles. The molecule has 122 valence electrons. The molecule has 3 rings (SSSR count). The smallest absolute Gasteiger partial charge is 0.326 e. The summed E-state index contributed by atoms with van der Waals surface area (Å²) in [5, 5.41) is 6.45. The molecule has 0 aliphatic rings. The summed E-state index contributed by atoms with van der Waals surface area (Å²) in [5.74, 6) is -1.50. The zero-order valence-electron chi connectivity index (χ0n) is 12.6. The van der Waals surface area contributed by atoms with Gasteiger partial charge >= 0.3 is 6.03 Å². The van der Waals surface area contributed by atoms with Gasteiger partial charge in [0.05, 0.1) is 5.69 Å². The molecular weight excluding hydrogens is 316 g/mol. The molecular formula is C16H13F2N5O. The van der Waals surface area contributed by atoms with Gasteiger partial charge in [0.25, 0.3) is 0 Å². The van der Waals surface area contributed by atoms with E-state index in [4.69, 9.17) is 5.73 Å². The van der Waals surface area contributed by atoms with Gasteiger partial charge in [0.1, 0.15) is 5.82 Å². The fourth-order valence-electron chi connectivity index (χ4n) is 2.20. The quantitative estimate of drug-likeness (QED) is 0.671. The first-order valence-corrected chi connectivity index (χ1v) is 6.99. The number of nitrogens with one attached hydrogen (secondary N) is 2. The van der Waals surface area contributed by atoms with E-state index < -0.39 is 11.8 Å². The Labute approximate surface area is 135 Å². The number of halogens is 2. The fourth-order valence-corrected chi connectivity index (χ4v) is 2.20. The lowest BCUT2D eigenvalue weighted by Crippen LogP contribution is -2.21. The molecule has 0 fully saturated rings. The Morgan fingerprint density at radius 3 is 2.50 bits per heavy atom. The van der Waals surface area contributed by atoms with Gasteiger partial charge in [-0.1, -0.05) is 12.1 Å². The van der Waals surface area contributed by atoms with E-state index in [2.05, 4.69) is 20.6 Å². The molecule has 2 amide bonds. The first-order valence-electron chi connectivity index (χ1n) is 6.99. The Balaban J connectivity index is 1.76. The van der Waals surface area contributed by atoms with Crippen molar-refractivity contribution in [3.05, 3.63) is 53.7 Å². The normalized spacial score (nSPS) is 10.6. The van der Waals surface area contributed by atoms with E-state index in [1.54, 1.807) is 24.3 Å². The van der Waals surface area contributed by atoms with Crippen molar-refractivity contribution < 1.29 is 13.6 Å². The number of amides is 2. The second-order valence-electron chi connectivity index (χ2n) is 5.12. The zero-order valence-corrected chi connectivity index (χ0v) is 12.6. The SMILES string of the molecule is Cc1nc(NC(=O)Nc2ccc3cc(F)ccc3c2)nc(N)c1F. The molecule has 8 heteroatoms. The monoisotopic (exact) mass is 329 g/mol. The molecule has 24 heavy (non-hydrogen) atoms. The van der Waals surface area contributed by atoms with E-state index in [-0.39, 0.29) is 23.3 Å². The molecule has 0 unspecified atom stereocenters. The molecule has 0 atom stereocenters. The number of hydrogen-bond acceptors (Lipinski definition) is 4. The third-order valence-corrected chi connectivity index (χ3v) is 3.33. The first kappa shape index (κ1) is 15.6. The molecule has 1 aromatic heterocycles. The predicted octanol–water partition coefficient (Wildman–Crippen LogP) is 3.44. The summed E-state index contributed by atoms with van der Waals surface area (Å²) in [4.78, 5) is 19.4. The highest BCUT2D eigenvalue weighted by Gasteiger charge is 2.11. The summed E-state index contributed by atoms with van der Waals surface area (Å²) in [6.45, 7) is 1.42. The maximum Gasteiger partial charge on any atom is 0.326 e. The molecule has 4 N–H and O–H groups in total. The second-order valence-corrected chi connectivity index (χ2v) is 5.12. The number of fused-ring (bicyclic) bond motifs is 1. The summed E-state index contributed by atoms with van der Waals surface area (Å²) < 4.78 is 26.5. The molecule has 0 bridgehead atoms. The zero-order chi connectivity index (χ0) is 17.3. The van der Waals surface area contributed by atoms with E-state index in [0.717, 1.165) is 5.39 Å². The lowest BCUT2D eigenvalue weighted by atomic mass is 10.1. The van der Waals surface area contributed by atoms with Crippen LogP contribution in [0.25, 0.3) is 10.8 Å². The molecule has 3 aromatic rings. The number of urea groups is 1. The maximum absolute atomic E-state index is 13.4. The van der Waals surface area contributed by atoms with Crippen molar-refractivity contribution in [3.8, 4) is 0 Å². The molecule has 0 spiro atoms. The summed E-state index contributed by atoms with van der Waals surface area (Å²) in [7, 11) is 0. The van der Waals surface area contributed by atoms with Gasteiger partial charge in [0.15, 0.2) is 11.6 Å². The van der Waals surface area contributed by atoms with Crippen molar-refractivity contribution >= 4 is 34.3 Å². The minimum absolute atomic E-state index is 0.0329. The van der Waals surface area contributed by atoms with Crippen LogP contribution < -0.4 is 16.4 Å². The van der Waals surface area contributed by atoms with E-state index in [9.17, 15) is 13.6 Å². The average Bonchev–Trinajstić information content (AvgIpc) is 2.52. The standard InChI is InChI=1S/C16H13F2N5O/c1-8-13(18)14(19)22-15(20-8)23-16(24)21-12-5-3-9-6-11(17)4-2-10(9)7-12/h2-7H,1H3,(H4,19,20,21,22,23,24). The summed E-state index contributed by atoms with van der Waals surface area (Å²) in [5.41, 5.74) is 5.93. The maximum atomic E-state index is 13.4. The first-order chi connectivity index (χ1) is 11.4. The van der Waals surface area contributed by atoms with Gasteiger partial charge in [0.2, 0.25) is 5.95 Å². The van der Waals surface area contributed by atoms with Gasteiger partial charge in [-0.15, -0.1) is 0 Å². The van der Waals surface area contributed by atoms with Crippen LogP contribution in [-0.2, 0) is 0 Å². The van der Waals surface area contributed by atoms with Crippen LogP contribution in [0, 0.1) is 18.6 Å². The average molecular weight is 329 g/mol. The Morgan fingerprint density at radius 2 is 1.75 bits per heavy atom. The highest BCUT2D eigenvalue weighted by molar-refractivity contribution is 6.00. The van der Waals surface area contributed by atoms with Gasteiger partial charge in [0, 0.05) is 5.69 Å². The summed E-state index contributed by atoms with van der Waals surface area (Å²) in [6.07, 6.45) is 0. The Kier molecular flexibility index (Phi) is 3.95. The number of rotatable bonds is 2. The number of aromatic nitrogens is 2. The number of nitrogens with zero attached hydrogens (tertiary/aromatic N) is 2. The highest BCUT2D eigenvalue weighted by atomic mass is 19.1. The van der Waals surface area contributed by atoms with Gasteiger partial charge < -0.3 is 11.1 Å². The van der Waals surface area contributed by atoms with Crippen molar-refractivity contribution in [3.63, 3.8) is 0 Å². The lowest BCUT2D eigenvalue weighted by Gasteiger charge is -2.09. The minimum Gasteiger partial charge on any atom is -0.381 e. The van der Waals surface area contributed by atoms with Crippen molar-refractivity contribution in [1.82, 2.24) is 9.97 Å². The number of anilines is 3. The van der Waals surface area contributed by atoms with Crippen LogP contribution in [-0.4, -0.2) is 16.0 Å². The second kappa shape index (κ2) is 6.07. The van der Waals surface area contributed by atoms with Gasteiger partial charge in [-0.05, 0) is 42.0 Å². The predicted molar refractivity (Wildman–Crippen MR) is 87.7 cm³/mol. The summed E-state index contributed by atoms with van der Waals surface area (Å²) >= 11 is 0. The van der Waals surface area contributed by atoms with Crippen molar-refractivity contribution in [2.75, 3.05) is 16.4 Å². The molecule has 0 saturated heterocycles. The minimum atomic E-state index is -0.720. The highest BCUT2D eigenvalue weighted by Crippen LogP contribution is 2.20. The van der Waals surface area contributed by atoms with Gasteiger partial charge in [-0.2, -0.15) is 4.98 Å². The van der Waals surface area contributed by atoms with Crippen LogP contribution in [0.3, 0.4) is 0 Å². The lowest BCUT2D eigenvalue weighted by molar-refractivity contribution is 0.262.